The number of esters is 1. The van der Waals surface area contributed by atoms with Gasteiger partial charge in [-0.05, 0) is 28.5 Å². The summed E-state index contributed by atoms with van der Waals surface area (Å²) in [5.74, 6) is -7.89. The van der Waals surface area contributed by atoms with E-state index in [1.165, 1.54) is 0 Å². The molecule has 1 aliphatic carbocycles. The Morgan fingerprint density at radius 3 is 2.24 bits per heavy atom. The highest BCUT2D eigenvalue weighted by atomic mass is 19.3. The van der Waals surface area contributed by atoms with Crippen molar-refractivity contribution in [2.24, 2.45) is 26.4 Å². The number of nitrogens with zero attached hydrogens (tertiary/aromatic N) is 12. The molecular weight excluding hydrogens is 510 g/mol. The van der Waals surface area contributed by atoms with Crippen molar-refractivity contribution >= 4 is 11.9 Å². The summed E-state index contributed by atoms with van der Waals surface area (Å²) in [5.41, 5.74) is 35.3. The van der Waals surface area contributed by atoms with E-state index in [0.29, 0.717) is 0 Å². The number of aliphatic hydroxyl groups excluding tert-OH is 1. The first-order valence-electron chi connectivity index (χ1n) is 10.4. The molecule has 2 rings (SSSR count). The van der Waals surface area contributed by atoms with Crippen molar-refractivity contribution in [2.75, 3.05) is 6.54 Å². The summed E-state index contributed by atoms with van der Waals surface area (Å²) in [5, 5.41) is 33.3. The first-order chi connectivity index (χ1) is 17.5. The van der Waals surface area contributed by atoms with Gasteiger partial charge >= 0.3 is 17.9 Å². The van der Waals surface area contributed by atoms with Gasteiger partial charge in [-0.25, -0.2) is 0 Å². The highest BCUT2D eigenvalue weighted by Gasteiger charge is 2.61. The Balaban J connectivity index is 2.54. The van der Waals surface area contributed by atoms with Gasteiger partial charge in [-0.2, -0.15) is 8.78 Å². The molecule has 19 nitrogen and oxygen atoms in total. The number of hydrogen-bond acceptors (Lipinski definition) is 10. The number of carbonyl (C=O) groups is 2. The highest BCUT2D eigenvalue weighted by Crippen LogP contribution is 2.41. The second-order valence-electron chi connectivity index (χ2n) is 7.94. The zero-order chi connectivity index (χ0) is 27.8. The molecule has 0 aromatic carbocycles. The Hall–Kier alpha value is -4.08. The topological polar surface area (TPSA) is 297 Å². The summed E-state index contributed by atoms with van der Waals surface area (Å²) in [7, 11) is 0. The Kier molecular flexibility index (Phi) is 10.0. The van der Waals surface area contributed by atoms with Crippen LogP contribution in [0.2, 0.25) is 0 Å². The van der Waals surface area contributed by atoms with Crippen LogP contribution in [0.5, 0.6) is 0 Å². The first-order valence-corrected chi connectivity index (χ1v) is 10.4. The summed E-state index contributed by atoms with van der Waals surface area (Å²) in [6, 6.07) is -4.54. The van der Waals surface area contributed by atoms with Gasteiger partial charge in [-0.3, -0.25) is 9.59 Å². The third kappa shape index (κ3) is 6.78. The predicted octanol–water partition coefficient (Wildman–Crippen LogP) is 2.87. The van der Waals surface area contributed by atoms with Crippen LogP contribution in [0.15, 0.2) is 20.5 Å². The van der Waals surface area contributed by atoms with E-state index in [1.54, 1.807) is 0 Å². The van der Waals surface area contributed by atoms with Gasteiger partial charge in [0.2, 0.25) is 0 Å². The second kappa shape index (κ2) is 12.8. The van der Waals surface area contributed by atoms with E-state index < -0.39 is 85.6 Å². The molecule has 200 valence electrons. The van der Waals surface area contributed by atoms with E-state index in [9.17, 15) is 19.8 Å². The van der Waals surface area contributed by atoms with Gasteiger partial charge in [0.1, 0.15) is 12.1 Å². The van der Waals surface area contributed by atoms with Gasteiger partial charge in [0, 0.05) is 38.5 Å². The Labute approximate surface area is 204 Å². The smallest absolute Gasteiger partial charge is 0.310 e. The normalized spacial score (nSPS) is 34.3. The van der Waals surface area contributed by atoms with Gasteiger partial charge in [0.15, 0.2) is 12.4 Å². The molecular formula is C16H20F2N12O7. The van der Waals surface area contributed by atoms with Crippen molar-refractivity contribution in [3.8, 4) is 0 Å². The largest absolute Gasteiger partial charge is 0.481 e. The lowest BCUT2D eigenvalue weighted by Crippen LogP contribution is -2.65. The lowest BCUT2D eigenvalue weighted by Gasteiger charge is -2.47. The van der Waals surface area contributed by atoms with Crippen molar-refractivity contribution in [2.45, 2.75) is 74.5 Å². The van der Waals surface area contributed by atoms with Crippen LogP contribution in [0.25, 0.3) is 41.8 Å². The summed E-state index contributed by atoms with van der Waals surface area (Å²) < 4.78 is 45.8. The fraction of sp³-hybridized carbons (Fsp3) is 0.875. The van der Waals surface area contributed by atoms with Crippen LogP contribution in [0.1, 0.15) is 19.8 Å². The lowest BCUT2D eigenvalue weighted by atomic mass is 9.76. The van der Waals surface area contributed by atoms with Crippen LogP contribution < -0.4 is 0 Å². The fourth-order valence-electron chi connectivity index (χ4n) is 4.19. The maximum atomic E-state index is 15.1. The van der Waals surface area contributed by atoms with Crippen LogP contribution >= 0.6 is 0 Å². The molecule has 9 atom stereocenters. The molecule has 0 aromatic heterocycles. The number of carbonyl (C=O) groups excluding carboxylic acids is 1. The second-order valence-corrected chi connectivity index (χ2v) is 7.94. The maximum absolute atomic E-state index is 15.1. The molecule has 0 aromatic rings. The number of hydrogen-bond donors (Lipinski definition) is 2. The van der Waals surface area contributed by atoms with Crippen molar-refractivity contribution in [3.63, 3.8) is 0 Å². The van der Waals surface area contributed by atoms with Crippen LogP contribution in [-0.4, -0.2) is 83.5 Å². The molecule has 37 heavy (non-hydrogen) atoms. The molecule has 2 fully saturated rings. The Bertz CT molecular complexity index is 1070. The Morgan fingerprint density at radius 1 is 1.08 bits per heavy atom. The minimum absolute atomic E-state index is 0.307. The molecule has 2 N–H and O–H groups in total. The maximum Gasteiger partial charge on any atom is 0.310 e. The monoisotopic (exact) mass is 530 g/mol. The van der Waals surface area contributed by atoms with E-state index in [0.717, 1.165) is 6.92 Å². The molecule has 0 unspecified atom stereocenters. The number of halogens is 2. The predicted molar refractivity (Wildman–Crippen MR) is 113 cm³/mol. The number of aliphatic hydroxyl groups is 1. The molecule has 1 saturated carbocycles. The van der Waals surface area contributed by atoms with E-state index in [1.807, 2.05) is 0 Å². The minimum atomic E-state index is -4.05. The molecule has 2 aliphatic rings. The summed E-state index contributed by atoms with van der Waals surface area (Å²) >= 11 is 0. The van der Waals surface area contributed by atoms with Crippen molar-refractivity contribution in [3.05, 3.63) is 41.8 Å². The minimum Gasteiger partial charge on any atom is -0.481 e. The molecule has 0 amide bonds. The average molecular weight is 530 g/mol. The number of carboxylic acid groups (broad SMARTS) is 1. The summed E-state index contributed by atoms with van der Waals surface area (Å²) in [6.07, 6.45) is -11.2. The third-order valence-corrected chi connectivity index (χ3v) is 5.72. The van der Waals surface area contributed by atoms with Gasteiger partial charge in [-0.15, -0.1) is 0 Å². The summed E-state index contributed by atoms with van der Waals surface area (Å²) in [4.78, 5) is 33.0. The standard InChI is InChI=1S/C16H20F2N12O7/c1-5(31)35-14-11(26-30-22)15(36-9(4-23-27-19)16(14,17)18)37-13-8(25-29-21)3-7(24-28-20)6(12(13)34)2-10(32)33/h6-9,11-15,34H,2-4H2,1H3,(H,32,33)/t6-,7+,8-,9+,11+,12-,13+,14+,15+/m0/s1. The number of azide groups is 4. The third-order valence-electron chi connectivity index (χ3n) is 5.72. The average Bonchev–Trinajstić information content (AvgIpc) is 2.81. The molecule has 1 aliphatic heterocycles. The van der Waals surface area contributed by atoms with Crippen molar-refractivity contribution < 1.29 is 42.8 Å². The van der Waals surface area contributed by atoms with Crippen molar-refractivity contribution in [1.29, 1.82) is 0 Å². The SMILES string of the molecule is CC(=O)O[C@@H]1[C@@H](N=[N+]=[N-])[C@@H](O[C@H]2[C@@H](O)[C@@H](CC(=O)O)[C@H](N=[N+]=[N-])C[C@@H]2N=[N+]=[N-])O[C@H](CN=[N+]=[N-])C1(F)F. The number of alkyl halides is 2. The quantitative estimate of drug-likeness (QED) is 0.184. The zero-order valence-corrected chi connectivity index (χ0v) is 18.9. The van der Waals surface area contributed by atoms with E-state index in [4.69, 9.17) is 36.3 Å². The molecule has 0 bridgehead atoms. The Morgan fingerprint density at radius 2 is 1.70 bits per heavy atom. The molecule has 0 radical (unpaired) electrons. The fourth-order valence-corrected chi connectivity index (χ4v) is 4.19. The van der Waals surface area contributed by atoms with E-state index in [-0.39, 0.29) is 6.42 Å². The van der Waals surface area contributed by atoms with Crippen LogP contribution in [-0.2, 0) is 23.8 Å². The molecule has 1 heterocycles. The van der Waals surface area contributed by atoms with Crippen LogP contribution in [0.4, 0.5) is 8.78 Å². The molecule has 21 heteroatoms. The van der Waals surface area contributed by atoms with Gasteiger partial charge in [0.25, 0.3) is 0 Å². The van der Waals surface area contributed by atoms with E-state index >= 15 is 8.78 Å². The van der Waals surface area contributed by atoms with Crippen LogP contribution in [0, 0.1) is 5.92 Å². The van der Waals surface area contributed by atoms with Crippen LogP contribution in [0.3, 0.4) is 0 Å². The molecule has 0 spiro atoms. The number of carboxylic acids is 1. The number of rotatable bonds is 10. The summed E-state index contributed by atoms with van der Waals surface area (Å²) in [6.45, 7) is -0.163. The van der Waals surface area contributed by atoms with Crippen molar-refractivity contribution in [1.82, 2.24) is 0 Å². The zero-order valence-electron chi connectivity index (χ0n) is 18.9. The van der Waals surface area contributed by atoms with Gasteiger partial charge in [-0.1, -0.05) is 20.5 Å². The first kappa shape index (κ1) is 29.2. The molecule has 1 saturated heterocycles. The number of ether oxygens (including phenoxy) is 3. The highest BCUT2D eigenvalue weighted by molar-refractivity contribution is 5.67. The lowest BCUT2D eigenvalue weighted by molar-refractivity contribution is -0.325. The number of aliphatic carboxylic acids is 1. The van der Waals surface area contributed by atoms with Gasteiger partial charge < -0.3 is 24.4 Å². The van der Waals surface area contributed by atoms with E-state index in [2.05, 4.69) is 40.1 Å². The van der Waals surface area contributed by atoms with Gasteiger partial charge in [0.05, 0.1) is 31.2 Å².